The number of aromatic carboxylic acids is 1. The first-order valence-electron chi connectivity index (χ1n) is 8.71. The molecule has 4 aromatic rings. The second-order valence-electron chi connectivity index (χ2n) is 6.50. The Kier molecular flexibility index (Phi) is 3.88. The van der Waals surface area contributed by atoms with Crippen LogP contribution in [0.3, 0.4) is 0 Å². The summed E-state index contributed by atoms with van der Waals surface area (Å²) in [6, 6.07) is 16.1. The highest BCUT2D eigenvalue weighted by atomic mass is 16.4. The number of carboxylic acids is 1. The van der Waals surface area contributed by atoms with Crippen LogP contribution in [-0.4, -0.2) is 21.0 Å². The fraction of sp³-hybridized carbons (Fsp3) is 0.136. The molecule has 4 heteroatoms. The fourth-order valence-electron chi connectivity index (χ4n) is 3.62. The minimum Gasteiger partial charge on any atom is -0.477 e. The summed E-state index contributed by atoms with van der Waals surface area (Å²) in [5, 5.41) is 10.9. The van der Waals surface area contributed by atoms with Gasteiger partial charge in [0.1, 0.15) is 5.69 Å². The Labute approximate surface area is 151 Å². The van der Waals surface area contributed by atoms with Gasteiger partial charge in [-0.2, -0.15) is 0 Å². The van der Waals surface area contributed by atoms with Crippen molar-refractivity contribution < 1.29 is 9.90 Å². The second-order valence-corrected chi connectivity index (χ2v) is 6.50. The molecule has 130 valence electrons. The van der Waals surface area contributed by atoms with Gasteiger partial charge in [-0.1, -0.05) is 48.9 Å². The summed E-state index contributed by atoms with van der Waals surface area (Å²) in [7, 11) is 0. The van der Waals surface area contributed by atoms with Crippen LogP contribution in [0.15, 0.2) is 54.7 Å². The summed E-state index contributed by atoms with van der Waals surface area (Å²) in [5.41, 5.74) is 7.06. The third-order valence-corrected chi connectivity index (χ3v) is 4.88. The lowest BCUT2D eigenvalue weighted by Gasteiger charge is -2.08. The molecule has 0 spiro atoms. The summed E-state index contributed by atoms with van der Waals surface area (Å²) in [6.45, 7) is 4.09. The number of H-pyrrole nitrogens is 2. The Morgan fingerprint density at radius 1 is 1.08 bits per heavy atom. The average Bonchev–Trinajstić information content (AvgIpc) is 3.26. The zero-order chi connectivity index (χ0) is 18.3. The predicted octanol–water partition coefficient (Wildman–Crippen LogP) is 5.40. The molecule has 4 rings (SSSR count). The SMILES string of the molecule is CCc1c(-c2cccc3[nH]ccc23)[nH]c(C(=O)O)c1-c1ccc(C)cc1. The van der Waals surface area contributed by atoms with Crippen LogP contribution in [0.5, 0.6) is 0 Å². The van der Waals surface area contributed by atoms with E-state index in [-0.39, 0.29) is 5.69 Å². The lowest BCUT2D eigenvalue weighted by molar-refractivity contribution is 0.0692. The molecule has 0 aliphatic heterocycles. The first-order chi connectivity index (χ1) is 12.6. The molecule has 3 N–H and O–H groups in total. The van der Waals surface area contributed by atoms with Gasteiger partial charge in [-0.25, -0.2) is 4.79 Å². The van der Waals surface area contributed by atoms with E-state index in [1.54, 1.807) is 0 Å². The Hall–Kier alpha value is -3.27. The minimum atomic E-state index is -0.942. The Morgan fingerprint density at radius 2 is 1.85 bits per heavy atom. The molecule has 0 aliphatic carbocycles. The van der Waals surface area contributed by atoms with Crippen LogP contribution in [0.25, 0.3) is 33.3 Å². The lowest BCUT2D eigenvalue weighted by Crippen LogP contribution is -1.99. The average molecular weight is 344 g/mol. The maximum atomic E-state index is 12.0. The summed E-state index contributed by atoms with van der Waals surface area (Å²) in [6.07, 6.45) is 2.64. The molecular formula is C22H20N2O2. The fourth-order valence-corrected chi connectivity index (χ4v) is 3.62. The largest absolute Gasteiger partial charge is 0.477 e. The molecule has 0 unspecified atom stereocenters. The second kappa shape index (κ2) is 6.23. The van der Waals surface area contributed by atoms with E-state index in [0.717, 1.165) is 50.8 Å². The molecule has 0 bridgehead atoms. The van der Waals surface area contributed by atoms with Gasteiger partial charge in [0.25, 0.3) is 0 Å². The predicted molar refractivity (Wildman–Crippen MR) is 105 cm³/mol. The molecule has 0 fully saturated rings. The number of benzene rings is 2. The highest BCUT2D eigenvalue weighted by Crippen LogP contribution is 2.38. The van der Waals surface area contributed by atoms with Crippen LogP contribution < -0.4 is 0 Å². The standard InChI is InChI=1S/C22H20N2O2/c1-3-15-19(14-9-7-13(2)8-10-14)21(22(25)26)24-20(15)17-5-4-6-18-16(17)11-12-23-18/h4-12,23-24H,3H2,1-2H3,(H,25,26). The van der Waals surface area contributed by atoms with Crippen LogP contribution in [0, 0.1) is 6.92 Å². The Bertz CT molecular complexity index is 1100. The van der Waals surface area contributed by atoms with Crippen molar-refractivity contribution in [3.05, 3.63) is 71.5 Å². The van der Waals surface area contributed by atoms with Crippen molar-refractivity contribution in [2.24, 2.45) is 0 Å². The molecule has 0 saturated heterocycles. The van der Waals surface area contributed by atoms with Crippen LogP contribution in [-0.2, 0) is 6.42 Å². The molecule has 0 aliphatic rings. The summed E-state index contributed by atoms with van der Waals surface area (Å²) in [5.74, 6) is -0.942. The smallest absolute Gasteiger partial charge is 0.352 e. The number of aryl methyl sites for hydroxylation is 1. The van der Waals surface area contributed by atoms with Crippen molar-refractivity contribution in [3.63, 3.8) is 0 Å². The Morgan fingerprint density at radius 3 is 2.54 bits per heavy atom. The molecule has 4 nitrogen and oxygen atoms in total. The van der Waals surface area contributed by atoms with Crippen molar-refractivity contribution in [2.75, 3.05) is 0 Å². The molecule has 2 aromatic carbocycles. The lowest BCUT2D eigenvalue weighted by atomic mass is 9.95. The van der Waals surface area contributed by atoms with Crippen molar-refractivity contribution in [2.45, 2.75) is 20.3 Å². The third kappa shape index (κ3) is 2.51. The monoisotopic (exact) mass is 344 g/mol. The van der Waals surface area contributed by atoms with Gasteiger partial charge in [0.2, 0.25) is 0 Å². The van der Waals surface area contributed by atoms with Gasteiger partial charge in [0.15, 0.2) is 0 Å². The normalized spacial score (nSPS) is 11.2. The van der Waals surface area contributed by atoms with Gasteiger partial charge in [-0.3, -0.25) is 0 Å². The van der Waals surface area contributed by atoms with E-state index in [0.29, 0.717) is 0 Å². The van der Waals surface area contributed by atoms with E-state index in [9.17, 15) is 9.90 Å². The zero-order valence-corrected chi connectivity index (χ0v) is 14.8. The van der Waals surface area contributed by atoms with Gasteiger partial charge < -0.3 is 15.1 Å². The number of carboxylic acid groups (broad SMARTS) is 1. The van der Waals surface area contributed by atoms with Crippen LogP contribution >= 0.6 is 0 Å². The Balaban J connectivity index is 2.03. The van der Waals surface area contributed by atoms with Crippen LogP contribution in [0.4, 0.5) is 0 Å². The van der Waals surface area contributed by atoms with E-state index in [2.05, 4.69) is 16.9 Å². The van der Waals surface area contributed by atoms with E-state index >= 15 is 0 Å². The van der Waals surface area contributed by atoms with E-state index in [4.69, 9.17) is 0 Å². The first kappa shape index (κ1) is 16.2. The van der Waals surface area contributed by atoms with Gasteiger partial charge in [-0.15, -0.1) is 0 Å². The highest BCUT2D eigenvalue weighted by Gasteiger charge is 2.23. The summed E-state index contributed by atoms with van der Waals surface area (Å²) >= 11 is 0. The number of hydrogen-bond donors (Lipinski definition) is 3. The number of aromatic nitrogens is 2. The summed E-state index contributed by atoms with van der Waals surface area (Å²) < 4.78 is 0. The van der Waals surface area contributed by atoms with Crippen LogP contribution in [0.1, 0.15) is 28.5 Å². The molecule has 2 heterocycles. The molecule has 0 atom stereocenters. The van der Waals surface area contributed by atoms with Crippen LogP contribution in [0.2, 0.25) is 0 Å². The summed E-state index contributed by atoms with van der Waals surface area (Å²) in [4.78, 5) is 18.4. The quantitative estimate of drug-likeness (QED) is 0.464. The maximum Gasteiger partial charge on any atom is 0.352 e. The van der Waals surface area contributed by atoms with Crippen molar-refractivity contribution in [1.29, 1.82) is 0 Å². The van der Waals surface area contributed by atoms with Gasteiger partial charge in [0, 0.05) is 28.2 Å². The molecular weight excluding hydrogens is 324 g/mol. The number of carbonyl (C=O) groups is 1. The van der Waals surface area contributed by atoms with Gasteiger partial charge in [0.05, 0.1) is 5.69 Å². The molecule has 2 aromatic heterocycles. The number of hydrogen-bond acceptors (Lipinski definition) is 1. The highest BCUT2D eigenvalue weighted by molar-refractivity contribution is 6.02. The number of nitrogens with one attached hydrogen (secondary N) is 2. The molecule has 0 radical (unpaired) electrons. The number of fused-ring (bicyclic) bond motifs is 1. The van der Waals surface area contributed by atoms with Crippen molar-refractivity contribution in [3.8, 4) is 22.4 Å². The third-order valence-electron chi connectivity index (χ3n) is 4.88. The molecule has 0 saturated carbocycles. The van der Waals surface area contributed by atoms with Gasteiger partial charge >= 0.3 is 5.97 Å². The first-order valence-corrected chi connectivity index (χ1v) is 8.71. The van der Waals surface area contributed by atoms with Gasteiger partial charge in [-0.05, 0) is 36.6 Å². The number of aromatic amines is 2. The minimum absolute atomic E-state index is 0.244. The topological polar surface area (TPSA) is 68.9 Å². The maximum absolute atomic E-state index is 12.0. The van der Waals surface area contributed by atoms with E-state index < -0.39 is 5.97 Å². The van der Waals surface area contributed by atoms with Crippen molar-refractivity contribution >= 4 is 16.9 Å². The van der Waals surface area contributed by atoms with Crippen molar-refractivity contribution in [1.82, 2.24) is 9.97 Å². The van der Waals surface area contributed by atoms with E-state index in [1.165, 1.54) is 0 Å². The molecule has 26 heavy (non-hydrogen) atoms. The zero-order valence-electron chi connectivity index (χ0n) is 14.8. The van der Waals surface area contributed by atoms with E-state index in [1.807, 2.05) is 61.7 Å². The number of rotatable bonds is 4. The molecule has 0 amide bonds.